The number of nitrogens with one attached hydrogen (secondary N) is 3. The molecule has 2 rings (SSSR count). The Morgan fingerprint density at radius 3 is 2.49 bits per heavy atom. The molecule has 3 N–H and O–H groups in total. The summed E-state index contributed by atoms with van der Waals surface area (Å²) < 4.78 is 19.4. The normalized spacial score (nSPS) is 15.1. The molecule has 1 aromatic rings. The molecule has 1 heterocycles. The molecule has 2 amide bonds. The summed E-state index contributed by atoms with van der Waals surface area (Å²) in [6, 6.07) is 5.30. The number of benzene rings is 1. The van der Waals surface area contributed by atoms with E-state index in [1.54, 1.807) is 17.1 Å². The van der Waals surface area contributed by atoms with Gasteiger partial charge in [-0.2, -0.15) is 5.10 Å². The van der Waals surface area contributed by atoms with E-state index in [4.69, 9.17) is 37.4 Å². The molecule has 1 aliphatic rings. The van der Waals surface area contributed by atoms with Crippen LogP contribution >= 0.6 is 46.1 Å². The maximum absolute atomic E-state index is 12.3. The summed E-state index contributed by atoms with van der Waals surface area (Å²) in [5.41, 5.74) is 0.807. The summed E-state index contributed by atoms with van der Waals surface area (Å²) >= 11 is 14.2. The minimum absolute atomic E-state index is 0.0439. The van der Waals surface area contributed by atoms with E-state index in [1.165, 1.54) is 0 Å². The monoisotopic (exact) mass is 700 g/mol. The van der Waals surface area contributed by atoms with Gasteiger partial charge in [-0.05, 0) is 31.7 Å². The molecular formula is C25H39Cl2IN6O5. The molecule has 1 aliphatic heterocycles. The van der Waals surface area contributed by atoms with Crippen LogP contribution in [0.1, 0.15) is 19.8 Å². The van der Waals surface area contributed by atoms with Crippen molar-refractivity contribution in [3.8, 4) is 0 Å². The fourth-order valence-corrected chi connectivity index (χ4v) is 3.97. The van der Waals surface area contributed by atoms with Gasteiger partial charge in [0.1, 0.15) is 12.4 Å². The number of hydrogen-bond acceptors (Lipinski definition) is 9. The van der Waals surface area contributed by atoms with E-state index < -0.39 is 0 Å². The highest BCUT2D eigenvalue weighted by molar-refractivity contribution is 14.1. The highest BCUT2D eigenvalue weighted by Crippen LogP contribution is 2.29. The molecule has 0 aromatic heterocycles. The van der Waals surface area contributed by atoms with Gasteiger partial charge in [0.05, 0.1) is 55.3 Å². The van der Waals surface area contributed by atoms with Gasteiger partial charge in [-0.15, -0.1) is 0 Å². The van der Waals surface area contributed by atoms with Gasteiger partial charge < -0.3 is 29.7 Å². The van der Waals surface area contributed by atoms with Crippen LogP contribution < -0.4 is 19.2 Å². The number of carbonyl (C=O) groups excluding carboxylic acids is 2. The second-order valence-corrected chi connectivity index (χ2v) is 10.6. The van der Waals surface area contributed by atoms with Crippen molar-refractivity contribution < 1.29 is 23.8 Å². The van der Waals surface area contributed by atoms with Crippen LogP contribution in [0.15, 0.2) is 23.3 Å². The largest absolute Gasteiger partial charge is 0.379 e. The molecule has 0 radical (unpaired) electrons. The van der Waals surface area contributed by atoms with E-state index in [0.29, 0.717) is 68.4 Å². The molecule has 0 saturated heterocycles. The summed E-state index contributed by atoms with van der Waals surface area (Å²) in [5.74, 6) is 0.286. The van der Waals surface area contributed by atoms with Crippen molar-refractivity contribution in [1.29, 1.82) is 0 Å². The lowest BCUT2D eigenvalue weighted by atomic mass is 10.1. The van der Waals surface area contributed by atoms with Gasteiger partial charge in [-0.1, -0.05) is 30.1 Å². The van der Waals surface area contributed by atoms with Crippen molar-refractivity contribution in [2.45, 2.75) is 19.8 Å². The first-order valence-corrected chi connectivity index (χ1v) is 14.8. The zero-order valence-electron chi connectivity index (χ0n) is 22.5. The van der Waals surface area contributed by atoms with Crippen LogP contribution in [0.2, 0.25) is 10.0 Å². The van der Waals surface area contributed by atoms with Crippen molar-refractivity contribution >= 4 is 69.4 Å². The number of halogens is 3. The van der Waals surface area contributed by atoms with Crippen molar-refractivity contribution in [3.63, 3.8) is 0 Å². The van der Waals surface area contributed by atoms with E-state index in [1.807, 2.05) is 20.0 Å². The number of carbonyl (C=O) groups is 2. The predicted molar refractivity (Wildman–Crippen MR) is 163 cm³/mol. The van der Waals surface area contributed by atoms with E-state index in [0.717, 1.165) is 25.3 Å². The van der Waals surface area contributed by atoms with Crippen molar-refractivity contribution in [2.75, 3.05) is 84.4 Å². The minimum atomic E-state index is -0.223. The Bertz CT molecular complexity index is 929. The Balaban J connectivity index is 1.48. The smallest absolute Gasteiger partial charge is 0.245 e. The van der Waals surface area contributed by atoms with Crippen molar-refractivity contribution in [2.24, 2.45) is 11.0 Å². The van der Waals surface area contributed by atoms with Gasteiger partial charge in [0.2, 0.25) is 11.8 Å². The van der Waals surface area contributed by atoms with Gasteiger partial charge in [0.25, 0.3) is 0 Å². The average molecular weight is 701 g/mol. The lowest BCUT2D eigenvalue weighted by Crippen LogP contribution is -2.34. The van der Waals surface area contributed by atoms with Crippen molar-refractivity contribution in [3.05, 3.63) is 28.2 Å². The topological polar surface area (TPSA) is 117 Å². The molecule has 0 fully saturated rings. The summed E-state index contributed by atoms with van der Waals surface area (Å²) in [5, 5.41) is 12.9. The summed E-state index contributed by atoms with van der Waals surface area (Å²) in [6.45, 7) is 8.16. The number of nitrogens with zero attached hydrogens (tertiary/aromatic N) is 3. The van der Waals surface area contributed by atoms with Gasteiger partial charge in [-0.3, -0.25) is 18.1 Å². The standard InChI is InChI=1S/C25H39Cl2IN6O5/c1-19-17-34(20-5-6-21(26)22(27)16-20)32-25(19)31-23(35)4-3-7-29-24(36)18-39-15-14-38-13-10-33(2)9-12-37-11-8-30-28/h5-6,16,19,30H,3-4,7-15,17-18H2,1-2H3,(H,29,36)(H,31,32,35). The summed E-state index contributed by atoms with van der Waals surface area (Å²) in [7, 11) is 2.02. The number of ether oxygens (including phenoxy) is 3. The highest BCUT2D eigenvalue weighted by atomic mass is 127. The molecular weight excluding hydrogens is 662 g/mol. The minimum Gasteiger partial charge on any atom is -0.379 e. The quantitative estimate of drug-likeness (QED) is 0.115. The van der Waals surface area contributed by atoms with Gasteiger partial charge in [0, 0.05) is 61.4 Å². The Morgan fingerprint density at radius 2 is 1.77 bits per heavy atom. The molecule has 14 heteroatoms. The first kappa shape index (κ1) is 33.9. The van der Waals surface area contributed by atoms with Crippen LogP contribution in [0.5, 0.6) is 0 Å². The molecule has 0 saturated carbocycles. The van der Waals surface area contributed by atoms with Crippen LogP contribution in [0.25, 0.3) is 0 Å². The number of amides is 2. The summed E-state index contributed by atoms with van der Waals surface area (Å²) in [4.78, 5) is 26.4. The number of hydrazone groups is 1. The number of amidine groups is 1. The van der Waals surface area contributed by atoms with Crippen LogP contribution in [-0.4, -0.2) is 102 Å². The second kappa shape index (κ2) is 19.8. The molecule has 0 aliphatic carbocycles. The Morgan fingerprint density at radius 1 is 1.05 bits per heavy atom. The third-order valence-corrected chi connectivity index (χ3v) is 6.97. The third kappa shape index (κ3) is 14.3. The van der Waals surface area contributed by atoms with Crippen LogP contribution in [0.4, 0.5) is 5.69 Å². The SMILES string of the molecule is CC1CN(c2ccc(Cl)c(Cl)c2)N=C1NC(=O)CCCNC(=O)COCCOCCN(C)CCOCCNI. The maximum Gasteiger partial charge on any atom is 0.245 e. The van der Waals surface area contributed by atoms with Gasteiger partial charge >= 0.3 is 0 Å². The molecule has 0 bridgehead atoms. The van der Waals surface area contributed by atoms with E-state index in [2.05, 4.69) is 47.0 Å². The second-order valence-electron chi connectivity index (χ2n) is 9.03. The van der Waals surface area contributed by atoms with Gasteiger partial charge in [-0.25, -0.2) is 0 Å². The van der Waals surface area contributed by atoms with Crippen LogP contribution in [-0.2, 0) is 23.8 Å². The number of rotatable bonds is 19. The first-order valence-electron chi connectivity index (χ1n) is 12.9. The number of likely N-dealkylation sites (N-methyl/N-ethyl adjacent to an activating group) is 1. The molecule has 1 atom stereocenters. The fraction of sp³-hybridized carbons (Fsp3) is 0.640. The molecule has 11 nitrogen and oxygen atoms in total. The Hall–Kier alpha value is -1.26. The van der Waals surface area contributed by atoms with Crippen LogP contribution in [0, 0.1) is 5.92 Å². The van der Waals surface area contributed by atoms with E-state index >= 15 is 0 Å². The zero-order chi connectivity index (χ0) is 28.5. The molecule has 1 aromatic carbocycles. The third-order valence-electron chi connectivity index (χ3n) is 5.69. The van der Waals surface area contributed by atoms with Gasteiger partial charge in [0.15, 0.2) is 0 Å². The lowest BCUT2D eigenvalue weighted by Gasteiger charge is -2.16. The number of hydrogen-bond donors (Lipinski definition) is 3. The Kier molecular flexibility index (Phi) is 17.2. The van der Waals surface area contributed by atoms with Crippen molar-refractivity contribution in [1.82, 2.24) is 19.1 Å². The summed E-state index contributed by atoms with van der Waals surface area (Å²) in [6.07, 6.45) is 0.774. The average Bonchev–Trinajstić information content (AvgIpc) is 3.27. The highest BCUT2D eigenvalue weighted by Gasteiger charge is 2.25. The maximum atomic E-state index is 12.3. The van der Waals surface area contributed by atoms with E-state index in [-0.39, 0.29) is 30.8 Å². The molecule has 39 heavy (non-hydrogen) atoms. The molecule has 1 unspecified atom stereocenters. The predicted octanol–water partition coefficient (Wildman–Crippen LogP) is 2.70. The lowest BCUT2D eigenvalue weighted by molar-refractivity contribution is -0.126. The Labute approximate surface area is 254 Å². The fourth-order valence-electron chi connectivity index (χ4n) is 3.46. The molecule has 0 spiro atoms. The molecule has 220 valence electrons. The van der Waals surface area contributed by atoms with E-state index in [9.17, 15) is 9.59 Å². The zero-order valence-corrected chi connectivity index (χ0v) is 26.2. The first-order chi connectivity index (χ1) is 18.8. The number of anilines is 1. The van der Waals surface area contributed by atoms with Crippen LogP contribution in [0.3, 0.4) is 0 Å².